The molecule has 0 aliphatic carbocycles. The summed E-state index contributed by atoms with van der Waals surface area (Å²) in [5, 5.41) is 0. The lowest BCUT2D eigenvalue weighted by Gasteiger charge is -2.13. The molecule has 0 saturated carbocycles. The van der Waals surface area contributed by atoms with Gasteiger partial charge in [-0.2, -0.15) is 13.2 Å². The van der Waals surface area contributed by atoms with Crippen molar-refractivity contribution in [3.63, 3.8) is 0 Å². The molecule has 0 aliphatic rings. The zero-order chi connectivity index (χ0) is 12.5. The van der Waals surface area contributed by atoms with Crippen molar-refractivity contribution >= 4 is 0 Å². The number of alkyl halides is 3. The SMILES string of the molecule is NCc1ccc(-n2ccnc2)cc1C(F)(F)F. The van der Waals surface area contributed by atoms with Crippen molar-refractivity contribution in [2.24, 2.45) is 5.73 Å². The number of nitrogens with two attached hydrogens (primary N) is 1. The Labute approximate surface area is 95.7 Å². The molecule has 1 aromatic heterocycles. The second-order valence-corrected chi connectivity index (χ2v) is 3.51. The fourth-order valence-electron chi connectivity index (χ4n) is 1.58. The normalized spacial score (nSPS) is 11.8. The molecule has 0 atom stereocenters. The van der Waals surface area contributed by atoms with Crippen molar-refractivity contribution in [2.75, 3.05) is 0 Å². The van der Waals surface area contributed by atoms with Gasteiger partial charge in [-0.15, -0.1) is 0 Å². The van der Waals surface area contributed by atoms with Gasteiger partial charge in [0.2, 0.25) is 0 Å². The lowest BCUT2D eigenvalue weighted by Crippen LogP contribution is -2.12. The fourth-order valence-corrected chi connectivity index (χ4v) is 1.58. The van der Waals surface area contributed by atoms with Gasteiger partial charge >= 0.3 is 6.18 Å². The van der Waals surface area contributed by atoms with Crippen LogP contribution in [-0.4, -0.2) is 9.55 Å². The largest absolute Gasteiger partial charge is 0.416 e. The van der Waals surface area contributed by atoms with Crippen LogP contribution in [0.3, 0.4) is 0 Å². The van der Waals surface area contributed by atoms with Crippen LogP contribution in [0.25, 0.3) is 5.69 Å². The van der Waals surface area contributed by atoms with Crippen molar-refractivity contribution in [1.82, 2.24) is 9.55 Å². The fraction of sp³-hybridized carbons (Fsp3) is 0.182. The molecule has 1 heterocycles. The van der Waals surface area contributed by atoms with Crippen molar-refractivity contribution < 1.29 is 13.2 Å². The van der Waals surface area contributed by atoms with Gasteiger partial charge in [0.25, 0.3) is 0 Å². The van der Waals surface area contributed by atoms with Crippen molar-refractivity contribution in [1.29, 1.82) is 0 Å². The Balaban J connectivity index is 2.53. The van der Waals surface area contributed by atoms with Crippen LogP contribution in [-0.2, 0) is 12.7 Å². The average molecular weight is 241 g/mol. The van der Waals surface area contributed by atoms with E-state index in [1.807, 2.05) is 0 Å². The minimum Gasteiger partial charge on any atom is -0.326 e. The van der Waals surface area contributed by atoms with Gasteiger partial charge in [0.05, 0.1) is 11.9 Å². The predicted molar refractivity (Wildman–Crippen MR) is 56.5 cm³/mol. The lowest BCUT2D eigenvalue weighted by atomic mass is 10.1. The molecule has 1 aromatic carbocycles. The highest BCUT2D eigenvalue weighted by molar-refractivity contribution is 5.42. The molecule has 17 heavy (non-hydrogen) atoms. The van der Waals surface area contributed by atoms with Crippen LogP contribution in [0.2, 0.25) is 0 Å². The van der Waals surface area contributed by atoms with E-state index in [1.165, 1.54) is 23.2 Å². The Bertz CT molecular complexity index is 503. The van der Waals surface area contributed by atoms with Crippen molar-refractivity contribution in [2.45, 2.75) is 12.7 Å². The third kappa shape index (κ3) is 2.31. The first-order chi connectivity index (χ1) is 8.02. The standard InChI is InChI=1S/C11H10F3N3/c12-11(13,14)10-5-9(2-1-8(10)6-15)17-4-3-16-7-17/h1-5,7H,6,15H2. The third-order valence-electron chi connectivity index (χ3n) is 2.42. The predicted octanol–water partition coefficient (Wildman–Crippen LogP) is 2.35. The van der Waals surface area contributed by atoms with Crippen molar-refractivity contribution in [3.05, 3.63) is 48.0 Å². The summed E-state index contributed by atoms with van der Waals surface area (Å²) in [7, 11) is 0. The van der Waals surface area contributed by atoms with E-state index in [0.717, 1.165) is 6.07 Å². The summed E-state index contributed by atoms with van der Waals surface area (Å²) in [6.07, 6.45) is 0.130. The molecule has 0 saturated heterocycles. The van der Waals surface area contributed by atoms with Crippen LogP contribution in [0.15, 0.2) is 36.9 Å². The third-order valence-corrected chi connectivity index (χ3v) is 2.42. The number of hydrogen-bond donors (Lipinski definition) is 1. The maximum Gasteiger partial charge on any atom is 0.416 e. The van der Waals surface area contributed by atoms with Gasteiger partial charge in [-0.1, -0.05) is 6.07 Å². The molecule has 0 spiro atoms. The van der Waals surface area contributed by atoms with Crippen LogP contribution in [0.1, 0.15) is 11.1 Å². The number of imidazole rings is 1. The first kappa shape index (κ1) is 11.7. The molecule has 0 radical (unpaired) electrons. The minimum atomic E-state index is -4.40. The highest BCUT2D eigenvalue weighted by Gasteiger charge is 2.33. The molecule has 0 fully saturated rings. The van der Waals surface area contributed by atoms with Gasteiger partial charge in [-0.05, 0) is 17.7 Å². The minimum absolute atomic E-state index is 0.0846. The quantitative estimate of drug-likeness (QED) is 0.877. The summed E-state index contributed by atoms with van der Waals surface area (Å²) < 4.78 is 39.8. The summed E-state index contributed by atoms with van der Waals surface area (Å²) >= 11 is 0. The van der Waals surface area contributed by atoms with Gasteiger partial charge in [0.15, 0.2) is 0 Å². The van der Waals surface area contributed by atoms with Gasteiger partial charge in [0.1, 0.15) is 0 Å². The van der Waals surface area contributed by atoms with E-state index in [4.69, 9.17) is 5.73 Å². The zero-order valence-electron chi connectivity index (χ0n) is 8.78. The molecule has 0 amide bonds. The van der Waals surface area contributed by atoms with Crippen LogP contribution < -0.4 is 5.73 Å². The molecule has 2 N–H and O–H groups in total. The average Bonchev–Trinajstić information content (AvgIpc) is 2.80. The van der Waals surface area contributed by atoms with Crippen LogP contribution in [0.5, 0.6) is 0 Å². The molecule has 2 aromatic rings. The molecule has 6 heteroatoms. The van der Waals surface area contributed by atoms with E-state index in [0.29, 0.717) is 5.69 Å². The van der Waals surface area contributed by atoms with Crippen LogP contribution in [0.4, 0.5) is 13.2 Å². The molecule has 0 bridgehead atoms. The second kappa shape index (κ2) is 4.21. The number of benzene rings is 1. The Morgan fingerprint density at radius 2 is 2.06 bits per heavy atom. The van der Waals surface area contributed by atoms with Gasteiger partial charge in [-0.25, -0.2) is 4.98 Å². The summed E-state index contributed by atoms with van der Waals surface area (Å²) in [5.74, 6) is 0. The van der Waals surface area contributed by atoms with E-state index in [2.05, 4.69) is 4.98 Å². The summed E-state index contributed by atoms with van der Waals surface area (Å²) in [6.45, 7) is -0.140. The summed E-state index contributed by atoms with van der Waals surface area (Å²) in [4.78, 5) is 3.79. The molecule has 3 nitrogen and oxygen atoms in total. The second-order valence-electron chi connectivity index (χ2n) is 3.51. The number of hydrogen-bond acceptors (Lipinski definition) is 2. The Morgan fingerprint density at radius 3 is 2.59 bits per heavy atom. The Morgan fingerprint density at radius 1 is 1.29 bits per heavy atom. The van der Waals surface area contributed by atoms with E-state index < -0.39 is 11.7 Å². The molecule has 2 rings (SSSR count). The van der Waals surface area contributed by atoms with E-state index >= 15 is 0 Å². The van der Waals surface area contributed by atoms with E-state index in [-0.39, 0.29) is 12.1 Å². The Kier molecular flexibility index (Phi) is 2.89. The summed E-state index contributed by atoms with van der Waals surface area (Å²) in [6, 6.07) is 4.04. The molecule has 0 unspecified atom stereocenters. The number of aromatic nitrogens is 2. The smallest absolute Gasteiger partial charge is 0.326 e. The van der Waals surface area contributed by atoms with E-state index in [1.54, 1.807) is 12.3 Å². The molecule has 90 valence electrons. The maximum atomic E-state index is 12.8. The van der Waals surface area contributed by atoms with Gasteiger partial charge < -0.3 is 10.3 Å². The summed E-state index contributed by atoms with van der Waals surface area (Å²) in [5.41, 5.74) is 5.09. The van der Waals surface area contributed by atoms with E-state index in [9.17, 15) is 13.2 Å². The van der Waals surface area contributed by atoms with Crippen LogP contribution in [0, 0.1) is 0 Å². The highest BCUT2D eigenvalue weighted by atomic mass is 19.4. The number of rotatable bonds is 2. The first-order valence-corrected chi connectivity index (χ1v) is 4.91. The zero-order valence-corrected chi connectivity index (χ0v) is 8.78. The monoisotopic (exact) mass is 241 g/mol. The number of halogens is 3. The molecular formula is C11H10F3N3. The maximum absolute atomic E-state index is 12.8. The van der Waals surface area contributed by atoms with Gasteiger partial charge in [-0.3, -0.25) is 0 Å². The van der Waals surface area contributed by atoms with Crippen LogP contribution >= 0.6 is 0 Å². The van der Waals surface area contributed by atoms with Gasteiger partial charge in [0, 0.05) is 24.6 Å². The molecule has 0 aliphatic heterocycles. The Hall–Kier alpha value is -1.82. The molecular weight excluding hydrogens is 231 g/mol. The lowest BCUT2D eigenvalue weighted by molar-refractivity contribution is -0.138. The topological polar surface area (TPSA) is 43.8 Å². The van der Waals surface area contributed by atoms with Crippen molar-refractivity contribution in [3.8, 4) is 5.69 Å². The first-order valence-electron chi connectivity index (χ1n) is 4.91. The number of nitrogens with zero attached hydrogens (tertiary/aromatic N) is 2. The highest BCUT2D eigenvalue weighted by Crippen LogP contribution is 2.33.